The van der Waals surface area contributed by atoms with Gasteiger partial charge in [-0.25, -0.2) is 0 Å². The fraction of sp³-hybridized carbons (Fsp3) is 0.958. The van der Waals surface area contributed by atoms with Gasteiger partial charge in [-0.05, 0) is 19.3 Å². The first-order valence-electron chi connectivity index (χ1n) is 38.2. The molecule has 100 heavy (non-hydrogen) atoms. The standard InChI is InChI=1S/C72H133NO27/c1-5-7-9-11-13-15-17-19-21-23-25-27-29-31-33-35-47(79)46(73-54(82)36-34-32-30-28-26-24-22-20-18-16-14-12-10-8-6-2)43-91-70-62(89)60(87)66(52(41-77)94-70)99-72-63(90)68(97-55-37-48(80)44(3)64(96-55)56(83)49(81)38-74)67(53(42-78)95-72)100-69-45(4)65(58(85)51(40-76)92-69)98-71-61(88)59(86)57(84)50(39-75)93-71/h33,35,44-53,55-72,74-81,83-90H,5-32,34,36-43H2,1-4H3,(H,73,82)/b35-33+/t44-,45?,46+,47-,48-,49-,50?,51?,52?,53?,55?,56-,57+,58+,59+,60-,61?,62?,63?,64?,65-,66-,67+,68-,69+,70-,71+,72+/m1/s1. The summed E-state index contributed by atoms with van der Waals surface area (Å²) < 4.78 is 60.9. The molecule has 588 valence electrons. The molecule has 0 aromatic carbocycles. The first kappa shape index (κ1) is 88.8. The number of carbonyl (C=O) groups excluding carboxylic acids is 1. The first-order valence-corrected chi connectivity index (χ1v) is 38.2. The van der Waals surface area contributed by atoms with Gasteiger partial charge in [-0.3, -0.25) is 4.79 Å². The van der Waals surface area contributed by atoms with E-state index in [2.05, 4.69) is 19.2 Å². The Morgan fingerprint density at radius 3 is 1.42 bits per heavy atom. The minimum atomic E-state index is -2.10. The highest BCUT2D eigenvalue weighted by Crippen LogP contribution is 2.40. The molecule has 5 rings (SSSR count). The van der Waals surface area contributed by atoms with E-state index in [1.165, 1.54) is 142 Å². The maximum atomic E-state index is 13.6. The third kappa shape index (κ3) is 28.4. The summed E-state index contributed by atoms with van der Waals surface area (Å²) in [5.74, 6) is -2.36. The van der Waals surface area contributed by atoms with E-state index in [0.717, 1.165) is 44.9 Å². The molecule has 0 aromatic rings. The van der Waals surface area contributed by atoms with Crippen LogP contribution in [0.25, 0.3) is 0 Å². The van der Waals surface area contributed by atoms with Crippen LogP contribution in [0.2, 0.25) is 0 Å². The smallest absolute Gasteiger partial charge is 0.220 e. The molecule has 0 aliphatic carbocycles. The van der Waals surface area contributed by atoms with Gasteiger partial charge in [0.25, 0.3) is 0 Å². The molecule has 10 unspecified atom stereocenters. The van der Waals surface area contributed by atoms with Crippen LogP contribution in [0.5, 0.6) is 0 Å². The van der Waals surface area contributed by atoms with E-state index >= 15 is 0 Å². The lowest BCUT2D eigenvalue weighted by Gasteiger charge is -2.51. The number of ether oxygens (including phenoxy) is 10. The summed E-state index contributed by atoms with van der Waals surface area (Å²) in [7, 11) is 0. The van der Waals surface area contributed by atoms with E-state index in [1.54, 1.807) is 6.08 Å². The minimum Gasteiger partial charge on any atom is -0.394 e. The average molecular weight is 1440 g/mol. The van der Waals surface area contributed by atoms with Gasteiger partial charge in [0.05, 0.1) is 70.1 Å². The molecule has 28 nitrogen and oxygen atoms in total. The number of nitrogens with one attached hydrogen (secondary N) is 1. The molecule has 5 saturated heterocycles. The molecule has 28 atom stereocenters. The minimum absolute atomic E-state index is 0.195. The van der Waals surface area contributed by atoms with Crippen LogP contribution in [0.4, 0.5) is 0 Å². The summed E-state index contributed by atoms with van der Waals surface area (Å²) in [4.78, 5) is 13.6. The molecule has 5 aliphatic heterocycles. The molecule has 0 spiro atoms. The van der Waals surface area contributed by atoms with E-state index in [4.69, 9.17) is 47.4 Å². The number of rotatable bonds is 51. The highest BCUT2D eigenvalue weighted by molar-refractivity contribution is 5.76. The molecular weight excluding hydrogens is 1310 g/mol. The fourth-order valence-corrected chi connectivity index (χ4v) is 14.0. The number of allylic oxidation sites excluding steroid dienone is 1. The molecule has 5 fully saturated rings. The maximum absolute atomic E-state index is 13.6. The van der Waals surface area contributed by atoms with E-state index in [1.807, 2.05) is 6.08 Å². The molecule has 0 radical (unpaired) electrons. The lowest BCUT2D eigenvalue weighted by molar-refractivity contribution is -0.396. The van der Waals surface area contributed by atoms with E-state index in [-0.39, 0.29) is 18.7 Å². The number of aliphatic hydroxyl groups is 16. The molecule has 28 heteroatoms. The summed E-state index contributed by atoms with van der Waals surface area (Å²) in [5.41, 5.74) is 0. The zero-order valence-corrected chi connectivity index (χ0v) is 60.1. The monoisotopic (exact) mass is 1440 g/mol. The Labute approximate surface area is 592 Å². The molecule has 0 saturated carbocycles. The van der Waals surface area contributed by atoms with Crippen molar-refractivity contribution in [2.45, 2.75) is 386 Å². The van der Waals surface area contributed by atoms with Crippen molar-refractivity contribution in [3.05, 3.63) is 12.2 Å². The highest BCUT2D eigenvalue weighted by Gasteiger charge is 2.57. The Morgan fingerprint density at radius 1 is 0.450 bits per heavy atom. The highest BCUT2D eigenvalue weighted by atomic mass is 16.8. The predicted octanol–water partition coefficient (Wildman–Crippen LogP) is 2.55. The van der Waals surface area contributed by atoms with Crippen molar-refractivity contribution < 1.29 is 134 Å². The predicted molar refractivity (Wildman–Crippen MR) is 364 cm³/mol. The molecule has 0 aromatic heterocycles. The van der Waals surface area contributed by atoms with E-state index < -0.39 is 211 Å². The van der Waals surface area contributed by atoms with E-state index in [9.17, 15) is 86.5 Å². The third-order valence-electron chi connectivity index (χ3n) is 20.6. The van der Waals surface area contributed by atoms with E-state index in [0.29, 0.717) is 12.8 Å². The summed E-state index contributed by atoms with van der Waals surface area (Å²) in [6, 6.07) is -1.05. The summed E-state index contributed by atoms with van der Waals surface area (Å²) in [5, 5.41) is 178. The molecule has 0 bridgehead atoms. The molecular formula is C72H133NO27. The van der Waals surface area contributed by atoms with Crippen LogP contribution < -0.4 is 5.32 Å². The van der Waals surface area contributed by atoms with Crippen LogP contribution in [0.3, 0.4) is 0 Å². The Hall–Kier alpha value is -1.83. The van der Waals surface area contributed by atoms with Crippen LogP contribution in [-0.4, -0.2) is 287 Å². The zero-order valence-electron chi connectivity index (χ0n) is 60.1. The summed E-state index contributed by atoms with van der Waals surface area (Å²) in [6.07, 6.45) is -5.07. The number of unbranched alkanes of at least 4 members (excludes halogenated alkanes) is 27. The quantitative estimate of drug-likeness (QED) is 0.0307. The molecule has 17 N–H and O–H groups in total. The van der Waals surface area contributed by atoms with Gasteiger partial charge in [0.1, 0.15) is 97.7 Å². The SMILES string of the molecule is CCCCCCCCCCCCCCC/C=C/[C@@H](O)[C@H](CO[C@@H]1OC(CO)[C@@H](O[C@@H]2OC(CO)[C@H](O[C@@H]3OC(CO)[C@H](O)[C@H](O[C@@H]4OC(CO)[C@H](O)[C@H](O)C4O)C3C)[C@H](OC3C[C@@H](O)[C@@H](C)C([C@H](O)[C@H](O)CO)O3)C2O)[C@H](O)C1O)NC(=O)CCCCCCCCCCCCCCCCC. The number of aliphatic hydroxyl groups excluding tert-OH is 16. The lowest BCUT2D eigenvalue weighted by atomic mass is 9.87. The van der Waals surface area contributed by atoms with Crippen molar-refractivity contribution in [3.63, 3.8) is 0 Å². The fourth-order valence-electron chi connectivity index (χ4n) is 14.0. The van der Waals surface area contributed by atoms with Gasteiger partial charge in [0.15, 0.2) is 31.5 Å². The second-order valence-electron chi connectivity index (χ2n) is 28.7. The first-order chi connectivity index (χ1) is 48.2. The van der Waals surface area contributed by atoms with Gasteiger partial charge < -0.3 is 134 Å². The van der Waals surface area contributed by atoms with Crippen LogP contribution >= 0.6 is 0 Å². The van der Waals surface area contributed by atoms with Gasteiger partial charge in [0.2, 0.25) is 5.91 Å². The topological polar surface area (TPSA) is 445 Å². The second-order valence-corrected chi connectivity index (χ2v) is 28.7. The molecule has 1 amide bonds. The number of amides is 1. The Morgan fingerprint density at radius 2 is 0.890 bits per heavy atom. The van der Waals surface area contributed by atoms with Crippen molar-refractivity contribution in [1.29, 1.82) is 0 Å². The van der Waals surface area contributed by atoms with Crippen molar-refractivity contribution in [3.8, 4) is 0 Å². The van der Waals surface area contributed by atoms with Crippen molar-refractivity contribution in [2.24, 2.45) is 11.8 Å². The number of hydrogen-bond donors (Lipinski definition) is 17. The van der Waals surface area contributed by atoms with Crippen molar-refractivity contribution in [1.82, 2.24) is 5.32 Å². The van der Waals surface area contributed by atoms with Gasteiger partial charge in [-0.1, -0.05) is 207 Å². The summed E-state index contributed by atoms with van der Waals surface area (Å²) in [6.45, 7) is 2.56. The normalized spacial score (nSPS) is 35.6. The van der Waals surface area contributed by atoms with Gasteiger partial charge in [-0.15, -0.1) is 0 Å². The Kier molecular flexibility index (Phi) is 43.7. The summed E-state index contributed by atoms with van der Waals surface area (Å²) >= 11 is 0. The van der Waals surface area contributed by atoms with Crippen LogP contribution in [0.1, 0.15) is 227 Å². The van der Waals surface area contributed by atoms with Crippen LogP contribution in [0.15, 0.2) is 12.2 Å². The largest absolute Gasteiger partial charge is 0.394 e. The Bertz CT molecular complexity index is 2130. The number of hydrogen-bond acceptors (Lipinski definition) is 27. The second kappa shape index (κ2) is 49.2. The van der Waals surface area contributed by atoms with Gasteiger partial charge >= 0.3 is 0 Å². The third-order valence-corrected chi connectivity index (χ3v) is 20.6. The molecule has 5 aliphatic rings. The van der Waals surface area contributed by atoms with Crippen LogP contribution in [-0.2, 0) is 52.2 Å². The van der Waals surface area contributed by atoms with Crippen molar-refractivity contribution >= 4 is 5.91 Å². The average Bonchev–Trinajstić information content (AvgIpc) is 0.771. The number of carbonyl (C=O) groups is 1. The lowest BCUT2D eigenvalue weighted by Crippen LogP contribution is -2.67. The Balaban J connectivity index is 1.27. The van der Waals surface area contributed by atoms with Gasteiger partial charge in [0, 0.05) is 24.7 Å². The van der Waals surface area contributed by atoms with Crippen LogP contribution in [0, 0.1) is 11.8 Å². The zero-order chi connectivity index (χ0) is 73.1. The van der Waals surface area contributed by atoms with Gasteiger partial charge in [-0.2, -0.15) is 0 Å². The van der Waals surface area contributed by atoms with Crippen molar-refractivity contribution in [2.75, 3.05) is 39.6 Å². The molecule has 5 heterocycles. The maximum Gasteiger partial charge on any atom is 0.220 e.